The van der Waals surface area contributed by atoms with Crippen molar-refractivity contribution in [3.63, 3.8) is 0 Å². The molecule has 1 aromatic carbocycles. The Hall–Kier alpha value is -1.09. The van der Waals surface area contributed by atoms with Crippen LogP contribution in [0.4, 0.5) is 10.1 Å². The second-order valence-corrected chi connectivity index (χ2v) is 3.14. The highest BCUT2D eigenvalue weighted by Gasteiger charge is 1.96. The number of halogens is 1. The molecule has 0 atom stereocenters. The van der Waals surface area contributed by atoms with Crippen LogP contribution in [0, 0.1) is 12.7 Å². The minimum atomic E-state index is -0.205. The summed E-state index contributed by atoms with van der Waals surface area (Å²) in [6.45, 7) is 5.88. The lowest BCUT2D eigenvalue weighted by Gasteiger charge is -2.07. The Bertz CT molecular complexity index is 268. The molecule has 0 fully saturated rings. The summed E-state index contributed by atoms with van der Waals surface area (Å²) in [6.07, 6.45) is 0. The van der Waals surface area contributed by atoms with Gasteiger partial charge in [0.15, 0.2) is 0 Å². The first-order chi connectivity index (χ1) is 6.72. The van der Waals surface area contributed by atoms with Crippen molar-refractivity contribution in [2.24, 2.45) is 0 Å². The topological polar surface area (TPSA) is 21.3 Å². The van der Waals surface area contributed by atoms with Gasteiger partial charge in [-0.15, -0.1) is 0 Å². The van der Waals surface area contributed by atoms with E-state index in [0.29, 0.717) is 19.8 Å². The van der Waals surface area contributed by atoms with E-state index >= 15 is 0 Å². The first-order valence-electron chi connectivity index (χ1n) is 4.81. The molecule has 0 saturated carbocycles. The van der Waals surface area contributed by atoms with Gasteiger partial charge in [-0.1, -0.05) is 0 Å². The fourth-order valence-corrected chi connectivity index (χ4v) is 1.25. The molecule has 0 unspecified atom stereocenters. The highest BCUT2D eigenvalue weighted by Crippen LogP contribution is 2.12. The summed E-state index contributed by atoms with van der Waals surface area (Å²) >= 11 is 0. The van der Waals surface area contributed by atoms with E-state index in [1.807, 2.05) is 19.9 Å². The second kappa shape index (κ2) is 5.60. The van der Waals surface area contributed by atoms with E-state index in [0.717, 1.165) is 11.3 Å². The third kappa shape index (κ3) is 3.75. The van der Waals surface area contributed by atoms with Crippen LogP contribution in [0.2, 0.25) is 0 Å². The molecule has 0 aromatic heterocycles. The van der Waals surface area contributed by atoms with Crippen LogP contribution in [-0.4, -0.2) is 19.8 Å². The number of rotatable bonds is 5. The van der Waals surface area contributed by atoms with E-state index in [1.165, 1.54) is 12.1 Å². The van der Waals surface area contributed by atoms with Gasteiger partial charge in [0, 0.05) is 18.8 Å². The van der Waals surface area contributed by atoms with Crippen LogP contribution in [-0.2, 0) is 4.74 Å². The summed E-state index contributed by atoms with van der Waals surface area (Å²) in [5.41, 5.74) is 1.73. The maximum absolute atomic E-state index is 12.9. The number of hydrogen-bond acceptors (Lipinski definition) is 2. The van der Waals surface area contributed by atoms with Crippen LogP contribution in [0.5, 0.6) is 0 Å². The van der Waals surface area contributed by atoms with Crippen molar-refractivity contribution in [2.75, 3.05) is 25.1 Å². The predicted molar refractivity (Wildman–Crippen MR) is 56.1 cm³/mol. The molecule has 78 valence electrons. The Labute approximate surface area is 84.1 Å². The Morgan fingerprint density at radius 1 is 1.36 bits per heavy atom. The monoisotopic (exact) mass is 197 g/mol. The van der Waals surface area contributed by atoms with E-state index in [1.54, 1.807) is 0 Å². The Balaban J connectivity index is 2.42. The molecule has 3 heteroatoms. The average Bonchev–Trinajstić information content (AvgIpc) is 2.11. The summed E-state index contributed by atoms with van der Waals surface area (Å²) in [5.74, 6) is -0.205. The number of hydrogen-bond donors (Lipinski definition) is 1. The van der Waals surface area contributed by atoms with Crippen LogP contribution in [0.25, 0.3) is 0 Å². The van der Waals surface area contributed by atoms with Gasteiger partial charge < -0.3 is 10.1 Å². The van der Waals surface area contributed by atoms with E-state index in [9.17, 15) is 4.39 Å². The lowest BCUT2D eigenvalue weighted by atomic mass is 10.2. The SMILES string of the molecule is CCOCCNc1cc(C)cc(F)c1. The van der Waals surface area contributed by atoms with E-state index in [-0.39, 0.29) is 5.82 Å². The van der Waals surface area contributed by atoms with Gasteiger partial charge in [0.05, 0.1) is 6.61 Å². The average molecular weight is 197 g/mol. The van der Waals surface area contributed by atoms with E-state index in [4.69, 9.17) is 4.74 Å². The molecular formula is C11H16FNO. The van der Waals surface area contributed by atoms with Gasteiger partial charge in [0.2, 0.25) is 0 Å². The smallest absolute Gasteiger partial charge is 0.125 e. The van der Waals surface area contributed by atoms with Crippen molar-refractivity contribution in [2.45, 2.75) is 13.8 Å². The molecule has 2 nitrogen and oxygen atoms in total. The summed E-state index contributed by atoms with van der Waals surface area (Å²) in [4.78, 5) is 0. The third-order valence-corrected chi connectivity index (χ3v) is 1.82. The van der Waals surface area contributed by atoms with Gasteiger partial charge in [0.25, 0.3) is 0 Å². The molecule has 0 aliphatic heterocycles. The molecular weight excluding hydrogens is 181 g/mol. The fraction of sp³-hybridized carbons (Fsp3) is 0.455. The molecule has 14 heavy (non-hydrogen) atoms. The van der Waals surface area contributed by atoms with Crippen molar-refractivity contribution in [1.82, 2.24) is 0 Å². The first-order valence-corrected chi connectivity index (χ1v) is 4.81. The van der Waals surface area contributed by atoms with Crippen molar-refractivity contribution < 1.29 is 9.13 Å². The van der Waals surface area contributed by atoms with Gasteiger partial charge in [-0.2, -0.15) is 0 Å². The Kier molecular flexibility index (Phi) is 4.40. The normalized spacial score (nSPS) is 10.2. The Morgan fingerprint density at radius 2 is 2.14 bits per heavy atom. The zero-order valence-electron chi connectivity index (χ0n) is 8.64. The van der Waals surface area contributed by atoms with Gasteiger partial charge in [-0.05, 0) is 37.6 Å². The number of aryl methyl sites for hydroxylation is 1. The van der Waals surface area contributed by atoms with Crippen molar-refractivity contribution >= 4 is 5.69 Å². The van der Waals surface area contributed by atoms with Gasteiger partial charge in [-0.3, -0.25) is 0 Å². The van der Waals surface area contributed by atoms with E-state index in [2.05, 4.69) is 5.32 Å². The zero-order valence-corrected chi connectivity index (χ0v) is 8.64. The maximum atomic E-state index is 12.9. The van der Waals surface area contributed by atoms with Crippen molar-refractivity contribution in [3.05, 3.63) is 29.6 Å². The minimum Gasteiger partial charge on any atom is -0.383 e. The highest BCUT2D eigenvalue weighted by atomic mass is 19.1. The quantitative estimate of drug-likeness (QED) is 0.732. The summed E-state index contributed by atoms with van der Waals surface area (Å²) in [6, 6.07) is 4.90. The molecule has 0 radical (unpaired) electrons. The molecule has 0 amide bonds. The molecule has 1 N–H and O–H groups in total. The van der Waals surface area contributed by atoms with Crippen LogP contribution < -0.4 is 5.32 Å². The Morgan fingerprint density at radius 3 is 2.79 bits per heavy atom. The zero-order chi connectivity index (χ0) is 10.4. The summed E-state index contributed by atoms with van der Waals surface area (Å²) < 4.78 is 18.1. The third-order valence-electron chi connectivity index (χ3n) is 1.82. The lowest BCUT2D eigenvalue weighted by Crippen LogP contribution is -2.09. The molecule has 1 rings (SSSR count). The van der Waals surface area contributed by atoms with E-state index < -0.39 is 0 Å². The van der Waals surface area contributed by atoms with Crippen LogP contribution in [0.15, 0.2) is 18.2 Å². The summed E-state index contributed by atoms with van der Waals surface area (Å²) in [5, 5.41) is 3.10. The van der Waals surface area contributed by atoms with Crippen molar-refractivity contribution in [3.8, 4) is 0 Å². The van der Waals surface area contributed by atoms with Crippen LogP contribution in [0.3, 0.4) is 0 Å². The molecule has 0 saturated heterocycles. The minimum absolute atomic E-state index is 0.205. The molecule has 0 spiro atoms. The second-order valence-electron chi connectivity index (χ2n) is 3.14. The van der Waals surface area contributed by atoms with Crippen LogP contribution >= 0.6 is 0 Å². The lowest BCUT2D eigenvalue weighted by molar-refractivity contribution is 0.158. The molecule has 0 aliphatic carbocycles. The van der Waals surface area contributed by atoms with Gasteiger partial charge in [0.1, 0.15) is 5.82 Å². The molecule has 0 aliphatic rings. The summed E-state index contributed by atoms with van der Waals surface area (Å²) in [7, 11) is 0. The van der Waals surface area contributed by atoms with Gasteiger partial charge >= 0.3 is 0 Å². The van der Waals surface area contributed by atoms with Crippen LogP contribution in [0.1, 0.15) is 12.5 Å². The predicted octanol–water partition coefficient (Wildman–Crippen LogP) is 2.58. The fourth-order valence-electron chi connectivity index (χ4n) is 1.25. The molecule has 0 bridgehead atoms. The molecule has 0 heterocycles. The standard InChI is InChI=1S/C11H16FNO/c1-3-14-5-4-13-11-7-9(2)6-10(12)8-11/h6-8,13H,3-5H2,1-2H3. The van der Waals surface area contributed by atoms with Crippen molar-refractivity contribution in [1.29, 1.82) is 0 Å². The first kappa shape index (κ1) is 11.0. The number of nitrogens with one attached hydrogen (secondary N) is 1. The largest absolute Gasteiger partial charge is 0.383 e. The number of benzene rings is 1. The maximum Gasteiger partial charge on any atom is 0.125 e. The number of ether oxygens (including phenoxy) is 1. The number of anilines is 1. The van der Waals surface area contributed by atoms with Gasteiger partial charge in [-0.25, -0.2) is 4.39 Å². The highest BCUT2D eigenvalue weighted by molar-refractivity contribution is 5.45. The molecule has 1 aromatic rings.